The van der Waals surface area contributed by atoms with E-state index in [1.165, 1.54) is 25.6 Å². The Kier molecular flexibility index (Phi) is 4.80. The van der Waals surface area contributed by atoms with Crippen LogP contribution in [-0.4, -0.2) is 20.1 Å². The molecule has 0 saturated carbocycles. The lowest BCUT2D eigenvalue weighted by Crippen LogP contribution is -2.27. The Balaban J connectivity index is 2.24. The average Bonchev–Trinajstić information content (AvgIpc) is 3.01. The number of rotatable bonds is 5. The molecule has 0 radical (unpaired) electrons. The lowest BCUT2D eigenvalue weighted by atomic mass is 10.1. The predicted octanol–water partition coefficient (Wildman–Crippen LogP) is 2.76. The zero-order valence-corrected chi connectivity index (χ0v) is 12.4. The van der Waals surface area contributed by atoms with Gasteiger partial charge in [-0.3, -0.25) is 4.79 Å². The molecule has 0 aliphatic carbocycles. The van der Waals surface area contributed by atoms with Gasteiger partial charge < -0.3 is 14.8 Å². The van der Waals surface area contributed by atoms with Crippen LogP contribution < -0.4 is 14.8 Å². The number of nitrogens with zero attached hydrogens (tertiary/aromatic N) is 1. The Bertz CT molecular complexity index is 676. The number of nitriles is 1. The SMILES string of the molecule is COc1ccccc1C(C#N)NC(=O)c1sccc1OC. The van der Waals surface area contributed by atoms with Gasteiger partial charge >= 0.3 is 0 Å². The Hall–Kier alpha value is -2.52. The number of para-hydroxylation sites is 1. The summed E-state index contributed by atoms with van der Waals surface area (Å²) in [7, 11) is 3.03. The minimum atomic E-state index is -0.791. The van der Waals surface area contributed by atoms with Gasteiger partial charge in [0.2, 0.25) is 0 Å². The topological polar surface area (TPSA) is 71.3 Å². The summed E-state index contributed by atoms with van der Waals surface area (Å²) < 4.78 is 10.3. The summed E-state index contributed by atoms with van der Waals surface area (Å²) in [6, 6.07) is 10.1. The maximum absolute atomic E-state index is 12.3. The molecule has 0 bridgehead atoms. The molecule has 0 spiro atoms. The number of hydrogen-bond acceptors (Lipinski definition) is 5. The van der Waals surface area contributed by atoms with Crippen molar-refractivity contribution in [3.05, 3.63) is 46.2 Å². The predicted molar refractivity (Wildman–Crippen MR) is 79.7 cm³/mol. The lowest BCUT2D eigenvalue weighted by molar-refractivity contribution is 0.0946. The first-order valence-corrected chi connectivity index (χ1v) is 7.04. The Morgan fingerprint density at radius 3 is 2.62 bits per heavy atom. The number of thiophene rings is 1. The molecule has 5 nitrogen and oxygen atoms in total. The summed E-state index contributed by atoms with van der Waals surface area (Å²) in [5.41, 5.74) is 0.617. The third-order valence-electron chi connectivity index (χ3n) is 2.91. The fourth-order valence-electron chi connectivity index (χ4n) is 1.90. The van der Waals surface area contributed by atoms with Crippen LogP contribution in [0.5, 0.6) is 11.5 Å². The highest BCUT2D eigenvalue weighted by atomic mass is 32.1. The van der Waals surface area contributed by atoms with E-state index >= 15 is 0 Å². The van der Waals surface area contributed by atoms with E-state index in [-0.39, 0.29) is 5.91 Å². The molecule has 21 heavy (non-hydrogen) atoms. The van der Waals surface area contributed by atoms with Crippen LogP contribution in [0.4, 0.5) is 0 Å². The van der Waals surface area contributed by atoms with E-state index in [2.05, 4.69) is 11.4 Å². The highest BCUT2D eigenvalue weighted by molar-refractivity contribution is 7.12. The zero-order valence-electron chi connectivity index (χ0n) is 11.6. The molecular formula is C15H14N2O3S. The molecule has 108 valence electrons. The maximum atomic E-state index is 12.3. The van der Waals surface area contributed by atoms with Gasteiger partial charge in [0.15, 0.2) is 0 Å². The molecule has 1 unspecified atom stereocenters. The first-order valence-electron chi connectivity index (χ1n) is 6.16. The van der Waals surface area contributed by atoms with Crippen LogP contribution in [0, 0.1) is 11.3 Å². The molecule has 2 aromatic rings. The lowest BCUT2D eigenvalue weighted by Gasteiger charge is -2.15. The summed E-state index contributed by atoms with van der Waals surface area (Å²) in [6.07, 6.45) is 0. The van der Waals surface area contributed by atoms with Crippen molar-refractivity contribution in [2.24, 2.45) is 0 Å². The number of hydrogen-bond donors (Lipinski definition) is 1. The van der Waals surface area contributed by atoms with Gasteiger partial charge in [-0.25, -0.2) is 0 Å². The fourth-order valence-corrected chi connectivity index (χ4v) is 2.67. The number of carbonyl (C=O) groups excluding carboxylic acids is 1. The molecule has 1 atom stereocenters. The van der Waals surface area contributed by atoms with E-state index in [0.29, 0.717) is 21.9 Å². The minimum Gasteiger partial charge on any atom is -0.496 e. The van der Waals surface area contributed by atoms with E-state index < -0.39 is 6.04 Å². The number of ether oxygens (including phenoxy) is 2. The molecule has 1 aromatic heterocycles. The second kappa shape index (κ2) is 6.77. The Morgan fingerprint density at radius 2 is 1.95 bits per heavy atom. The van der Waals surface area contributed by atoms with Gasteiger partial charge in [-0.1, -0.05) is 18.2 Å². The molecule has 6 heteroatoms. The van der Waals surface area contributed by atoms with Crippen molar-refractivity contribution in [2.45, 2.75) is 6.04 Å². The van der Waals surface area contributed by atoms with E-state index in [4.69, 9.17) is 9.47 Å². The van der Waals surface area contributed by atoms with Gasteiger partial charge in [0.25, 0.3) is 5.91 Å². The number of carbonyl (C=O) groups is 1. The van der Waals surface area contributed by atoms with E-state index in [0.717, 1.165) is 0 Å². The van der Waals surface area contributed by atoms with Crippen LogP contribution in [0.25, 0.3) is 0 Å². The summed E-state index contributed by atoms with van der Waals surface area (Å²) in [5.74, 6) is 0.705. The van der Waals surface area contributed by atoms with Gasteiger partial charge in [-0.2, -0.15) is 5.26 Å². The van der Waals surface area contributed by atoms with Crippen molar-refractivity contribution >= 4 is 17.2 Å². The van der Waals surface area contributed by atoms with Crippen molar-refractivity contribution in [3.8, 4) is 17.6 Å². The summed E-state index contributed by atoms with van der Waals surface area (Å²) >= 11 is 1.26. The summed E-state index contributed by atoms with van der Waals surface area (Å²) in [6.45, 7) is 0. The van der Waals surface area contributed by atoms with Crippen molar-refractivity contribution in [1.29, 1.82) is 5.26 Å². The first-order chi connectivity index (χ1) is 10.2. The van der Waals surface area contributed by atoms with E-state index in [1.54, 1.807) is 35.7 Å². The Labute approximate surface area is 126 Å². The van der Waals surface area contributed by atoms with Gasteiger partial charge in [0.1, 0.15) is 22.4 Å². The molecule has 1 heterocycles. The third kappa shape index (κ3) is 3.15. The average molecular weight is 302 g/mol. The van der Waals surface area contributed by atoms with Crippen molar-refractivity contribution in [1.82, 2.24) is 5.32 Å². The molecule has 0 aliphatic heterocycles. The second-order valence-electron chi connectivity index (χ2n) is 4.10. The number of amides is 1. The molecule has 2 rings (SSSR count). The third-order valence-corrected chi connectivity index (χ3v) is 3.80. The fraction of sp³-hybridized carbons (Fsp3) is 0.200. The highest BCUT2D eigenvalue weighted by Gasteiger charge is 2.21. The van der Waals surface area contributed by atoms with Gasteiger partial charge in [0.05, 0.1) is 20.3 Å². The highest BCUT2D eigenvalue weighted by Crippen LogP contribution is 2.27. The molecular weight excluding hydrogens is 288 g/mol. The summed E-state index contributed by atoms with van der Waals surface area (Å²) in [4.78, 5) is 12.7. The van der Waals surface area contributed by atoms with Crippen LogP contribution in [0.2, 0.25) is 0 Å². The van der Waals surface area contributed by atoms with Crippen molar-refractivity contribution in [2.75, 3.05) is 14.2 Å². The molecule has 1 amide bonds. The normalized spacial score (nSPS) is 11.3. The quantitative estimate of drug-likeness (QED) is 0.922. The van der Waals surface area contributed by atoms with Crippen LogP contribution in [0.3, 0.4) is 0 Å². The van der Waals surface area contributed by atoms with Crippen LogP contribution in [-0.2, 0) is 0 Å². The van der Waals surface area contributed by atoms with E-state index in [1.807, 2.05) is 0 Å². The first kappa shape index (κ1) is 14.9. The monoisotopic (exact) mass is 302 g/mol. The largest absolute Gasteiger partial charge is 0.496 e. The summed E-state index contributed by atoms with van der Waals surface area (Å²) in [5, 5.41) is 13.8. The molecule has 0 aliphatic rings. The molecule has 0 saturated heterocycles. The van der Waals surface area contributed by atoms with Crippen LogP contribution >= 0.6 is 11.3 Å². The maximum Gasteiger partial charge on any atom is 0.266 e. The van der Waals surface area contributed by atoms with Crippen molar-refractivity contribution < 1.29 is 14.3 Å². The molecule has 0 fully saturated rings. The van der Waals surface area contributed by atoms with Gasteiger partial charge in [0, 0.05) is 5.56 Å². The second-order valence-corrected chi connectivity index (χ2v) is 5.01. The number of nitrogens with one attached hydrogen (secondary N) is 1. The standard InChI is InChI=1S/C15H14N2O3S/c1-19-12-6-4-3-5-10(12)11(9-16)17-15(18)14-13(20-2)7-8-21-14/h3-8,11H,1-2H3,(H,17,18). The van der Waals surface area contributed by atoms with Gasteiger partial charge in [-0.05, 0) is 17.5 Å². The Morgan fingerprint density at radius 1 is 1.24 bits per heavy atom. The van der Waals surface area contributed by atoms with E-state index in [9.17, 15) is 10.1 Å². The molecule has 1 N–H and O–H groups in total. The van der Waals surface area contributed by atoms with Crippen LogP contribution in [0.15, 0.2) is 35.7 Å². The number of methoxy groups -OCH3 is 2. The number of benzene rings is 1. The van der Waals surface area contributed by atoms with Gasteiger partial charge in [-0.15, -0.1) is 11.3 Å². The minimum absolute atomic E-state index is 0.348. The van der Waals surface area contributed by atoms with Crippen molar-refractivity contribution in [3.63, 3.8) is 0 Å². The smallest absolute Gasteiger partial charge is 0.266 e. The van der Waals surface area contributed by atoms with Crippen LogP contribution in [0.1, 0.15) is 21.3 Å². The zero-order chi connectivity index (χ0) is 15.2. The molecule has 1 aromatic carbocycles.